The molecule has 0 nitrogen and oxygen atoms in total. The van der Waals surface area contributed by atoms with Crippen molar-refractivity contribution in [1.29, 1.82) is 0 Å². The molecule has 0 N–H and O–H groups in total. The van der Waals surface area contributed by atoms with Gasteiger partial charge < -0.3 is 0 Å². The highest BCUT2D eigenvalue weighted by Gasteiger charge is 2.16. The fourth-order valence-corrected chi connectivity index (χ4v) is 3.84. The first-order chi connectivity index (χ1) is 8.90. The van der Waals surface area contributed by atoms with Crippen molar-refractivity contribution in [2.75, 3.05) is 0 Å². The van der Waals surface area contributed by atoms with Gasteiger partial charge in [0.1, 0.15) is 5.82 Å². The molecule has 0 aliphatic carbocycles. The number of halogens is 5. The van der Waals surface area contributed by atoms with Gasteiger partial charge in [0.25, 0.3) is 0 Å². The summed E-state index contributed by atoms with van der Waals surface area (Å²) in [7, 11) is 0. The summed E-state index contributed by atoms with van der Waals surface area (Å²) in [6.07, 6.45) is 0. The van der Waals surface area contributed by atoms with E-state index >= 15 is 0 Å². The maximum Gasteiger partial charge on any atom is 0.142 e. The van der Waals surface area contributed by atoms with Crippen molar-refractivity contribution in [1.82, 2.24) is 0 Å². The Bertz CT molecular complexity index is 628. The minimum atomic E-state index is -0.411. The van der Waals surface area contributed by atoms with Crippen LogP contribution in [0.3, 0.4) is 0 Å². The van der Waals surface area contributed by atoms with Crippen LogP contribution in [0.5, 0.6) is 0 Å². The average Bonchev–Trinajstić information content (AvgIpc) is 2.36. The van der Waals surface area contributed by atoms with E-state index in [1.807, 2.05) is 25.1 Å². The Labute approximate surface area is 141 Å². The zero-order chi connectivity index (χ0) is 14.2. The van der Waals surface area contributed by atoms with E-state index in [0.717, 1.165) is 25.6 Å². The lowest BCUT2D eigenvalue weighted by Gasteiger charge is -2.15. The second-order valence-electron chi connectivity index (χ2n) is 4.16. The Kier molecular flexibility index (Phi) is 5.09. The monoisotopic (exact) mass is 468 g/mol. The van der Waals surface area contributed by atoms with Gasteiger partial charge in [0.15, 0.2) is 0 Å². The molecule has 0 amide bonds. The molecule has 0 saturated heterocycles. The van der Waals surface area contributed by atoms with Crippen molar-refractivity contribution in [3.05, 3.63) is 66.8 Å². The quantitative estimate of drug-likeness (QED) is 0.423. The van der Waals surface area contributed by atoms with Gasteiger partial charge in [-0.15, -0.1) is 0 Å². The van der Waals surface area contributed by atoms with Gasteiger partial charge in [-0.25, -0.2) is 4.39 Å². The first kappa shape index (κ1) is 15.5. The third-order valence-corrected chi connectivity index (χ3v) is 5.66. The van der Waals surface area contributed by atoms with E-state index in [1.165, 1.54) is 6.07 Å². The molecule has 0 spiro atoms. The lowest BCUT2D eigenvalue weighted by Crippen LogP contribution is -1.96. The molecule has 0 radical (unpaired) electrons. The number of hydrogen-bond acceptors (Lipinski definition) is 0. The smallest absolute Gasteiger partial charge is 0.142 e. The fourth-order valence-electron chi connectivity index (χ4n) is 1.71. The average molecular weight is 471 g/mol. The lowest BCUT2D eigenvalue weighted by atomic mass is 10.0. The topological polar surface area (TPSA) is 0 Å². The van der Waals surface area contributed by atoms with Gasteiger partial charge in [-0.1, -0.05) is 65.5 Å². The summed E-state index contributed by atoms with van der Waals surface area (Å²) in [6, 6.07) is 8.87. The van der Waals surface area contributed by atoms with E-state index in [9.17, 15) is 4.39 Å². The highest BCUT2D eigenvalue weighted by molar-refractivity contribution is 9.11. The first-order valence-electron chi connectivity index (χ1n) is 5.44. The minimum Gasteiger partial charge on any atom is -0.205 e. The van der Waals surface area contributed by atoms with Crippen LogP contribution in [0.2, 0.25) is 5.02 Å². The molecule has 0 aromatic heterocycles. The highest BCUT2D eigenvalue weighted by Crippen LogP contribution is 2.38. The Balaban J connectivity index is 2.46. The van der Waals surface area contributed by atoms with Crippen LogP contribution in [0, 0.1) is 12.7 Å². The molecule has 0 bridgehead atoms. The largest absolute Gasteiger partial charge is 0.205 e. The van der Waals surface area contributed by atoms with Crippen LogP contribution in [0.4, 0.5) is 4.39 Å². The molecule has 1 unspecified atom stereocenters. The van der Waals surface area contributed by atoms with E-state index in [0.29, 0.717) is 0 Å². The minimum absolute atomic E-state index is 0.106. The van der Waals surface area contributed by atoms with Crippen LogP contribution in [0.25, 0.3) is 0 Å². The van der Waals surface area contributed by atoms with Crippen LogP contribution in [0.1, 0.15) is 21.5 Å². The van der Waals surface area contributed by atoms with E-state index in [4.69, 9.17) is 11.6 Å². The fraction of sp³-hybridized carbons (Fsp3) is 0.143. The maximum absolute atomic E-state index is 13.5. The van der Waals surface area contributed by atoms with Crippen LogP contribution >= 0.6 is 59.4 Å². The SMILES string of the molecule is Cc1cc(Br)c(C(Br)c2ccc(Cl)c(F)c2)cc1Br. The lowest BCUT2D eigenvalue weighted by molar-refractivity contribution is 0.626. The van der Waals surface area contributed by atoms with Gasteiger partial charge in [-0.2, -0.15) is 0 Å². The number of aryl methyl sites for hydroxylation is 1. The van der Waals surface area contributed by atoms with Crippen LogP contribution in [-0.4, -0.2) is 0 Å². The van der Waals surface area contributed by atoms with Crippen LogP contribution in [-0.2, 0) is 0 Å². The summed E-state index contributed by atoms with van der Waals surface area (Å²) in [5, 5.41) is 0.132. The molecule has 1 atom stereocenters. The van der Waals surface area contributed by atoms with E-state index in [-0.39, 0.29) is 9.85 Å². The van der Waals surface area contributed by atoms with Crippen LogP contribution < -0.4 is 0 Å². The molecule has 0 aliphatic heterocycles. The van der Waals surface area contributed by atoms with E-state index < -0.39 is 5.82 Å². The van der Waals surface area contributed by atoms with Crippen molar-refractivity contribution in [3.63, 3.8) is 0 Å². The van der Waals surface area contributed by atoms with Gasteiger partial charge >= 0.3 is 0 Å². The molecular weight excluding hydrogens is 462 g/mol. The zero-order valence-electron chi connectivity index (χ0n) is 9.85. The summed E-state index contributed by atoms with van der Waals surface area (Å²) in [5.41, 5.74) is 2.98. The summed E-state index contributed by atoms with van der Waals surface area (Å²) in [5.74, 6) is -0.411. The molecule has 5 heteroatoms. The van der Waals surface area contributed by atoms with Crippen molar-refractivity contribution in [2.45, 2.75) is 11.8 Å². The number of hydrogen-bond donors (Lipinski definition) is 0. The predicted octanol–water partition coefficient (Wildman–Crippen LogP) is 6.80. The van der Waals surface area contributed by atoms with Crippen molar-refractivity contribution >= 4 is 59.4 Å². The Morgan fingerprint density at radius 1 is 1.11 bits per heavy atom. The third kappa shape index (κ3) is 3.41. The molecule has 2 aromatic carbocycles. The molecule has 0 aliphatic rings. The molecular formula is C14H9Br3ClF. The van der Waals surface area contributed by atoms with Gasteiger partial charge in [0.05, 0.1) is 9.85 Å². The summed E-state index contributed by atoms with van der Waals surface area (Å²) in [4.78, 5) is -0.106. The van der Waals surface area contributed by atoms with Gasteiger partial charge in [-0.3, -0.25) is 0 Å². The second-order valence-corrected chi connectivity index (χ2v) is 7.19. The van der Waals surface area contributed by atoms with Gasteiger partial charge in [0.2, 0.25) is 0 Å². The van der Waals surface area contributed by atoms with Crippen molar-refractivity contribution < 1.29 is 4.39 Å². The van der Waals surface area contributed by atoms with Crippen molar-refractivity contribution in [2.24, 2.45) is 0 Å². The maximum atomic E-state index is 13.5. The second kappa shape index (κ2) is 6.25. The molecule has 2 rings (SSSR count). The third-order valence-electron chi connectivity index (χ3n) is 2.79. The Morgan fingerprint density at radius 2 is 1.79 bits per heavy atom. The molecule has 2 aromatic rings. The van der Waals surface area contributed by atoms with Gasteiger partial charge in [-0.05, 0) is 47.9 Å². The number of alkyl halides is 1. The summed E-state index contributed by atoms with van der Waals surface area (Å²) >= 11 is 16.4. The standard InChI is InChI=1S/C14H9Br3ClF/c1-7-4-11(16)9(6-10(7)15)14(17)8-2-3-12(18)13(19)5-8/h2-6,14H,1H3. The molecule has 0 fully saturated rings. The first-order valence-corrected chi connectivity index (χ1v) is 8.32. The number of rotatable bonds is 2. The molecule has 0 saturated carbocycles. The summed E-state index contributed by atoms with van der Waals surface area (Å²) < 4.78 is 15.5. The van der Waals surface area contributed by atoms with Crippen LogP contribution in [0.15, 0.2) is 39.3 Å². The predicted molar refractivity (Wildman–Crippen MR) is 88.8 cm³/mol. The Morgan fingerprint density at radius 3 is 2.42 bits per heavy atom. The van der Waals surface area contributed by atoms with E-state index in [2.05, 4.69) is 47.8 Å². The molecule has 0 heterocycles. The van der Waals surface area contributed by atoms with Gasteiger partial charge in [0, 0.05) is 8.95 Å². The molecule has 100 valence electrons. The zero-order valence-corrected chi connectivity index (χ0v) is 15.4. The Hall–Kier alpha value is 0.1000. The molecule has 19 heavy (non-hydrogen) atoms. The summed E-state index contributed by atoms with van der Waals surface area (Å²) in [6.45, 7) is 2.02. The van der Waals surface area contributed by atoms with E-state index in [1.54, 1.807) is 6.07 Å². The highest BCUT2D eigenvalue weighted by atomic mass is 79.9. The van der Waals surface area contributed by atoms with Crippen molar-refractivity contribution in [3.8, 4) is 0 Å². The normalized spacial score (nSPS) is 12.5. The number of benzene rings is 2.